The summed E-state index contributed by atoms with van der Waals surface area (Å²) in [4.78, 5) is 22.3. The third kappa shape index (κ3) is 6.13. The van der Waals surface area contributed by atoms with Gasteiger partial charge in [0.05, 0.1) is 7.11 Å². The zero-order chi connectivity index (χ0) is 16.4. The SMILES string of the molecule is C=CC(=O)OCC(COc1ccc(OC)cc1)OC(=O)C=C. The van der Waals surface area contributed by atoms with Crippen LogP contribution in [0.1, 0.15) is 0 Å². The topological polar surface area (TPSA) is 71.1 Å². The quantitative estimate of drug-likeness (QED) is 0.512. The summed E-state index contributed by atoms with van der Waals surface area (Å²) in [5.41, 5.74) is 0. The van der Waals surface area contributed by atoms with E-state index in [0.717, 1.165) is 12.2 Å². The molecule has 6 heteroatoms. The number of esters is 2. The molecule has 0 heterocycles. The lowest BCUT2D eigenvalue weighted by Gasteiger charge is -2.17. The second kappa shape index (κ2) is 9.23. The Hall–Kier alpha value is -2.76. The third-order valence-corrected chi connectivity index (χ3v) is 2.52. The summed E-state index contributed by atoms with van der Waals surface area (Å²) in [5.74, 6) is 0.0273. The molecule has 0 saturated carbocycles. The first-order chi connectivity index (χ1) is 10.6. The highest BCUT2D eigenvalue weighted by atomic mass is 16.6. The monoisotopic (exact) mass is 306 g/mol. The minimum absolute atomic E-state index is 0.0241. The standard InChI is InChI=1S/C16H18O6/c1-4-15(17)21-11-14(22-16(18)5-2)10-20-13-8-6-12(19-3)7-9-13/h4-9,14H,1-2,10-11H2,3H3. The van der Waals surface area contributed by atoms with Gasteiger partial charge in [-0.25, -0.2) is 9.59 Å². The van der Waals surface area contributed by atoms with Gasteiger partial charge in [0, 0.05) is 12.2 Å². The molecule has 0 spiro atoms. The molecule has 118 valence electrons. The van der Waals surface area contributed by atoms with Crippen molar-refractivity contribution in [2.24, 2.45) is 0 Å². The van der Waals surface area contributed by atoms with Gasteiger partial charge < -0.3 is 18.9 Å². The predicted octanol–water partition coefficient (Wildman–Crippen LogP) is 1.90. The van der Waals surface area contributed by atoms with E-state index in [1.807, 2.05) is 0 Å². The fourth-order valence-corrected chi connectivity index (χ4v) is 1.42. The number of hydrogen-bond donors (Lipinski definition) is 0. The van der Waals surface area contributed by atoms with Gasteiger partial charge in [-0.05, 0) is 24.3 Å². The zero-order valence-electron chi connectivity index (χ0n) is 12.3. The molecule has 22 heavy (non-hydrogen) atoms. The van der Waals surface area contributed by atoms with Crippen LogP contribution in [-0.4, -0.2) is 38.4 Å². The molecule has 0 saturated heterocycles. The summed E-state index contributed by atoms with van der Waals surface area (Å²) in [7, 11) is 1.56. The maximum atomic E-state index is 11.3. The summed E-state index contributed by atoms with van der Waals surface area (Å²) in [6.45, 7) is 6.48. The first-order valence-corrected chi connectivity index (χ1v) is 6.48. The number of benzene rings is 1. The molecule has 0 fully saturated rings. The Balaban J connectivity index is 2.57. The second-order valence-corrected chi connectivity index (χ2v) is 4.08. The highest BCUT2D eigenvalue weighted by molar-refractivity contribution is 5.82. The van der Waals surface area contributed by atoms with E-state index in [4.69, 9.17) is 18.9 Å². The van der Waals surface area contributed by atoms with Crippen LogP contribution in [0.15, 0.2) is 49.6 Å². The maximum Gasteiger partial charge on any atom is 0.330 e. The van der Waals surface area contributed by atoms with Gasteiger partial charge in [0.2, 0.25) is 0 Å². The highest BCUT2D eigenvalue weighted by Crippen LogP contribution is 2.17. The fourth-order valence-electron chi connectivity index (χ4n) is 1.42. The number of carbonyl (C=O) groups excluding carboxylic acids is 2. The van der Waals surface area contributed by atoms with Crippen LogP contribution in [-0.2, 0) is 19.1 Å². The van der Waals surface area contributed by atoms with Gasteiger partial charge in [0.1, 0.15) is 24.7 Å². The first-order valence-electron chi connectivity index (χ1n) is 6.48. The number of hydrogen-bond acceptors (Lipinski definition) is 6. The molecule has 1 aromatic carbocycles. The van der Waals surface area contributed by atoms with Crippen molar-refractivity contribution in [3.8, 4) is 11.5 Å². The van der Waals surface area contributed by atoms with Crippen LogP contribution < -0.4 is 9.47 Å². The van der Waals surface area contributed by atoms with Crippen molar-refractivity contribution >= 4 is 11.9 Å². The minimum atomic E-state index is -0.753. The van der Waals surface area contributed by atoms with Gasteiger partial charge in [-0.1, -0.05) is 13.2 Å². The highest BCUT2D eigenvalue weighted by Gasteiger charge is 2.16. The summed E-state index contributed by atoms with van der Waals surface area (Å²) in [6.07, 6.45) is 1.29. The zero-order valence-corrected chi connectivity index (χ0v) is 12.3. The Morgan fingerprint density at radius 2 is 1.64 bits per heavy atom. The number of carbonyl (C=O) groups is 2. The molecule has 1 unspecified atom stereocenters. The molecule has 0 aliphatic carbocycles. The average molecular weight is 306 g/mol. The average Bonchev–Trinajstić information content (AvgIpc) is 2.57. The van der Waals surface area contributed by atoms with Crippen molar-refractivity contribution in [3.63, 3.8) is 0 Å². The van der Waals surface area contributed by atoms with E-state index in [0.29, 0.717) is 11.5 Å². The molecule has 0 bridgehead atoms. The van der Waals surface area contributed by atoms with Crippen molar-refractivity contribution < 1.29 is 28.5 Å². The Bertz CT molecular complexity index is 520. The summed E-state index contributed by atoms with van der Waals surface area (Å²) in [5, 5.41) is 0. The molecule has 1 rings (SSSR count). The van der Waals surface area contributed by atoms with E-state index in [-0.39, 0.29) is 13.2 Å². The molecule has 0 aliphatic heterocycles. The van der Waals surface area contributed by atoms with E-state index < -0.39 is 18.0 Å². The lowest BCUT2D eigenvalue weighted by atomic mass is 10.3. The van der Waals surface area contributed by atoms with Crippen LogP contribution in [0.2, 0.25) is 0 Å². The fraction of sp³-hybridized carbons (Fsp3) is 0.250. The van der Waals surface area contributed by atoms with Crippen molar-refractivity contribution in [2.45, 2.75) is 6.10 Å². The molecule has 1 aromatic rings. The van der Waals surface area contributed by atoms with Crippen molar-refractivity contribution in [1.82, 2.24) is 0 Å². The first kappa shape index (κ1) is 17.3. The van der Waals surface area contributed by atoms with Crippen molar-refractivity contribution in [2.75, 3.05) is 20.3 Å². The van der Waals surface area contributed by atoms with Crippen molar-refractivity contribution in [1.29, 1.82) is 0 Å². The smallest absolute Gasteiger partial charge is 0.330 e. The third-order valence-electron chi connectivity index (χ3n) is 2.52. The summed E-state index contributed by atoms with van der Waals surface area (Å²) in [6, 6.07) is 6.89. The number of rotatable bonds is 9. The van der Waals surface area contributed by atoms with E-state index >= 15 is 0 Å². The summed E-state index contributed by atoms with van der Waals surface area (Å²) >= 11 is 0. The van der Waals surface area contributed by atoms with Gasteiger partial charge in [0.25, 0.3) is 0 Å². The molecular formula is C16H18O6. The Kier molecular flexibility index (Phi) is 7.25. The molecule has 0 N–H and O–H groups in total. The van der Waals surface area contributed by atoms with E-state index in [9.17, 15) is 9.59 Å². The molecule has 0 amide bonds. The van der Waals surface area contributed by atoms with Gasteiger partial charge in [-0.2, -0.15) is 0 Å². The van der Waals surface area contributed by atoms with Gasteiger partial charge in [-0.15, -0.1) is 0 Å². The Morgan fingerprint density at radius 3 is 2.18 bits per heavy atom. The predicted molar refractivity (Wildman–Crippen MR) is 79.7 cm³/mol. The summed E-state index contributed by atoms with van der Waals surface area (Å²) < 4.78 is 20.4. The lowest BCUT2D eigenvalue weighted by Crippen LogP contribution is -2.30. The van der Waals surface area contributed by atoms with E-state index in [1.165, 1.54) is 0 Å². The second-order valence-electron chi connectivity index (χ2n) is 4.08. The lowest BCUT2D eigenvalue weighted by molar-refractivity contribution is -0.154. The largest absolute Gasteiger partial charge is 0.497 e. The molecule has 0 radical (unpaired) electrons. The van der Waals surface area contributed by atoms with Crippen molar-refractivity contribution in [3.05, 3.63) is 49.6 Å². The van der Waals surface area contributed by atoms with E-state index in [2.05, 4.69) is 13.2 Å². The van der Waals surface area contributed by atoms with Crippen LogP contribution in [0.25, 0.3) is 0 Å². The van der Waals surface area contributed by atoms with E-state index in [1.54, 1.807) is 31.4 Å². The molecule has 1 atom stereocenters. The van der Waals surface area contributed by atoms with Gasteiger partial charge >= 0.3 is 11.9 Å². The molecular weight excluding hydrogens is 288 g/mol. The van der Waals surface area contributed by atoms with Crippen LogP contribution in [0.4, 0.5) is 0 Å². The number of methoxy groups -OCH3 is 1. The molecule has 0 aliphatic rings. The van der Waals surface area contributed by atoms with Crippen LogP contribution >= 0.6 is 0 Å². The van der Waals surface area contributed by atoms with Crippen LogP contribution in [0.3, 0.4) is 0 Å². The Morgan fingerprint density at radius 1 is 1.05 bits per heavy atom. The van der Waals surface area contributed by atoms with Crippen LogP contribution in [0.5, 0.6) is 11.5 Å². The van der Waals surface area contributed by atoms with Gasteiger partial charge in [-0.3, -0.25) is 0 Å². The minimum Gasteiger partial charge on any atom is -0.497 e. The maximum absolute atomic E-state index is 11.3. The molecule has 0 aromatic heterocycles. The van der Waals surface area contributed by atoms with Crippen LogP contribution in [0, 0.1) is 0 Å². The number of ether oxygens (including phenoxy) is 4. The Labute approximate surface area is 128 Å². The normalized spacial score (nSPS) is 11.0. The molecule has 6 nitrogen and oxygen atoms in total. The van der Waals surface area contributed by atoms with Gasteiger partial charge in [0.15, 0.2) is 6.10 Å².